The molecule has 3 saturated heterocycles. The first-order chi connectivity index (χ1) is 20.6. The molecule has 4 heterocycles. The third kappa shape index (κ3) is 5.44. The molecule has 3 unspecified atom stereocenters. The van der Waals surface area contributed by atoms with Crippen LogP contribution in [0.4, 0.5) is 15.8 Å². The van der Waals surface area contributed by atoms with Crippen LogP contribution in [0.1, 0.15) is 73.6 Å². The van der Waals surface area contributed by atoms with Crippen LogP contribution in [-0.4, -0.2) is 35.0 Å². The second-order valence-corrected chi connectivity index (χ2v) is 11.7. The summed E-state index contributed by atoms with van der Waals surface area (Å²) in [5.74, 6) is 0.798. The van der Waals surface area contributed by atoms with Crippen molar-refractivity contribution in [2.45, 2.75) is 62.7 Å². The number of anilines is 2. The first kappa shape index (κ1) is 26.9. The van der Waals surface area contributed by atoms with E-state index in [0.29, 0.717) is 6.04 Å². The van der Waals surface area contributed by atoms with Crippen molar-refractivity contribution in [3.8, 4) is 11.3 Å². The van der Waals surface area contributed by atoms with E-state index in [1.54, 1.807) is 0 Å². The summed E-state index contributed by atoms with van der Waals surface area (Å²) in [7, 11) is 0. The number of nitrogens with one attached hydrogen (secondary N) is 4. The summed E-state index contributed by atoms with van der Waals surface area (Å²) in [6.45, 7) is 1.94. The Morgan fingerprint density at radius 2 is 1.48 bits per heavy atom. The summed E-state index contributed by atoms with van der Waals surface area (Å²) in [6, 6.07) is 24.3. The summed E-state index contributed by atoms with van der Waals surface area (Å²) >= 11 is 0. The van der Waals surface area contributed by atoms with E-state index in [2.05, 4.69) is 67.2 Å². The minimum atomic E-state index is -0.237. The van der Waals surface area contributed by atoms with E-state index in [4.69, 9.17) is 0 Å². The molecule has 7 nitrogen and oxygen atoms in total. The van der Waals surface area contributed by atoms with Gasteiger partial charge in [-0.2, -0.15) is 0 Å². The van der Waals surface area contributed by atoms with E-state index < -0.39 is 0 Å². The molecule has 3 aromatic carbocycles. The van der Waals surface area contributed by atoms with Gasteiger partial charge < -0.3 is 25.8 Å². The molecule has 0 aliphatic carbocycles. The van der Waals surface area contributed by atoms with E-state index in [9.17, 15) is 9.18 Å². The fraction of sp³-hybridized carbons (Fsp3) is 0.353. The van der Waals surface area contributed by atoms with Gasteiger partial charge >= 0.3 is 0 Å². The van der Waals surface area contributed by atoms with Crippen molar-refractivity contribution in [2.75, 3.05) is 23.3 Å². The molecule has 1 amide bonds. The summed E-state index contributed by atoms with van der Waals surface area (Å²) in [5, 5.41) is 9.81. The Morgan fingerprint density at radius 3 is 2.12 bits per heavy atom. The highest BCUT2D eigenvalue weighted by atomic mass is 19.1. The number of aromatic nitrogens is 2. The van der Waals surface area contributed by atoms with Gasteiger partial charge in [-0.15, -0.1) is 0 Å². The van der Waals surface area contributed by atoms with Gasteiger partial charge in [0.05, 0.1) is 36.1 Å². The normalized spacial score (nSPS) is 23.9. The Morgan fingerprint density at radius 1 is 0.810 bits per heavy atom. The predicted molar refractivity (Wildman–Crippen MR) is 164 cm³/mol. The van der Waals surface area contributed by atoms with Crippen molar-refractivity contribution in [1.82, 2.24) is 20.6 Å². The van der Waals surface area contributed by atoms with E-state index in [1.165, 1.54) is 29.7 Å². The van der Waals surface area contributed by atoms with Gasteiger partial charge in [0.2, 0.25) is 5.91 Å². The summed E-state index contributed by atoms with van der Waals surface area (Å²) in [6.07, 6.45) is 8.09. The number of hydrogen-bond donors (Lipinski definition) is 4. The number of carbonyl (C=O) groups excluding carboxylic acids is 1. The molecular formula is C34H37FN6O. The molecule has 4 aromatic rings. The number of imidazole rings is 1. The lowest BCUT2D eigenvalue weighted by Gasteiger charge is -2.33. The number of halogens is 1. The molecule has 8 heteroatoms. The van der Waals surface area contributed by atoms with Gasteiger partial charge in [-0.05, 0) is 105 Å². The number of H-pyrrole nitrogens is 1. The number of benzene rings is 3. The maximum absolute atomic E-state index is 13.9. The van der Waals surface area contributed by atoms with Crippen LogP contribution in [0.5, 0.6) is 0 Å². The zero-order valence-electron chi connectivity index (χ0n) is 23.7. The second-order valence-electron chi connectivity index (χ2n) is 11.7. The molecule has 216 valence electrons. The third-order valence-electron chi connectivity index (χ3n) is 9.04. The predicted octanol–water partition coefficient (Wildman–Crippen LogP) is 6.41. The van der Waals surface area contributed by atoms with E-state index in [-0.39, 0.29) is 29.8 Å². The van der Waals surface area contributed by atoms with Gasteiger partial charge in [0, 0.05) is 11.4 Å². The van der Waals surface area contributed by atoms with Crippen molar-refractivity contribution >= 4 is 17.3 Å². The minimum Gasteiger partial charge on any atom is -0.357 e. The van der Waals surface area contributed by atoms with Gasteiger partial charge in [0.15, 0.2) is 0 Å². The van der Waals surface area contributed by atoms with Crippen LogP contribution >= 0.6 is 0 Å². The quantitative estimate of drug-likeness (QED) is 0.208. The van der Waals surface area contributed by atoms with Crippen LogP contribution in [0.3, 0.4) is 0 Å². The van der Waals surface area contributed by atoms with Crippen LogP contribution in [0.15, 0.2) is 79.0 Å². The van der Waals surface area contributed by atoms with E-state index >= 15 is 0 Å². The maximum atomic E-state index is 13.9. The lowest BCUT2D eigenvalue weighted by Crippen LogP contribution is -2.35. The fourth-order valence-corrected chi connectivity index (χ4v) is 6.83. The Kier molecular flexibility index (Phi) is 7.48. The highest BCUT2D eigenvalue weighted by molar-refractivity contribution is 5.95. The molecule has 0 radical (unpaired) electrons. The number of aromatic amines is 1. The van der Waals surface area contributed by atoms with Gasteiger partial charge in [-0.25, -0.2) is 9.37 Å². The number of nitrogens with zero attached hydrogens (tertiary/aromatic N) is 2. The number of hydrogen-bond acceptors (Lipinski definition) is 5. The third-order valence-corrected chi connectivity index (χ3v) is 9.04. The monoisotopic (exact) mass is 564 g/mol. The lowest BCUT2D eigenvalue weighted by atomic mass is 10.0. The van der Waals surface area contributed by atoms with Gasteiger partial charge in [0.1, 0.15) is 11.6 Å². The molecule has 42 heavy (non-hydrogen) atoms. The number of rotatable bonds is 7. The summed E-state index contributed by atoms with van der Waals surface area (Å²) < 4.78 is 13.9. The molecule has 0 spiro atoms. The molecule has 4 atom stereocenters. The molecule has 3 aliphatic heterocycles. The highest BCUT2D eigenvalue weighted by Gasteiger charge is 2.35. The number of carbonyl (C=O) groups is 1. The average Bonchev–Trinajstić information content (AvgIpc) is 3.85. The molecular weight excluding hydrogens is 527 g/mol. The molecule has 3 fully saturated rings. The van der Waals surface area contributed by atoms with Crippen molar-refractivity contribution in [1.29, 1.82) is 0 Å². The average molecular weight is 565 g/mol. The molecule has 7 rings (SSSR count). The smallest absolute Gasteiger partial charge is 0.241 e. The molecule has 1 aromatic heterocycles. The van der Waals surface area contributed by atoms with Crippen LogP contribution in [0.2, 0.25) is 0 Å². The van der Waals surface area contributed by atoms with Gasteiger partial charge in [0.25, 0.3) is 0 Å². The Bertz CT molecular complexity index is 1510. The zero-order chi connectivity index (χ0) is 28.5. The van der Waals surface area contributed by atoms with Crippen molar-refractivity contribution < 1.29 is 9.18 Å². The first-order valence-corrected chi connectivity index (χ1v) is 15.2. The molecule has 0 saturated carbocycles. The van der Waals surface area contributed by atoms with Crippen LogP contribution in [-0.2, 0) is 4.79 Å². The van der Waals surface area contributed by atoms with Crippen molar-refractivity contribution in [3.05, 3.63) is 102 Å². The molecule has 3 aliphatic rings. The van der Waals surface area contributed by atoms with Crippen LogP contribution < -0.4 is 20.9 Å². The van der Waals surface area contributed by atoms with E-state index in [1.807, 2.05) is 30.5 Å². The highest BCUT2D eigenvalue weighted by Crippen LogP contribution is 2.47. The lowest BCUT2D eigenvalue weighted by molar-refractivity contribution is -0.117. The van der Waals surface area contributed by atoms with Crippen molar-refractivity contribution in [2.24, 2.45) is 0 Å². The number of amides is 1. The van der Waals surface area contributed by atoms with Gasteiger partial charge in [-0.1, -0.05) is 36.4 Å². The van der Waals surface area contributed by atoms with Crippen LogP contribution in [0, 0.1) is 5.82 Å². The first-order valence-electron chi connectivity index (χ1n) is 15.2. The summed E-state index contributed by atoms with van der Waals surface area (Å²) in [5.41, 5.74) is 6.36. The SMILES string of the molecule is O=C(Nc1ccc(C2CCC(c3ccc(-c4cnc(C5CCCN5)[nH]4)cc3)N2c2ccc(F)cc2)cc1)[C@@H]1CCCN1. The van der Waals surface area contributed by atoms with Gasteiger partial charge in [-0.3, -0.25) is 4.79 Å². The van der Waals surface area contributed by atoms with E-state index in [0.717, 1.165) is 73.7 Å². The minimum absolute atomic E-state index is 0.0270. The van der Waals surface area contributed by atoms with Crippen LogP contribution in [0.25, 0.3) is 11.3 Å². The van der Waals surface area contributed by atoms with Crippen molar-refractivity contribution in [3.63, 3.8) is 0 Å². The second kappa shape index (κ2) is 11.7. The topological polar surface area (TPSA) is 85.1 Å². The Labute approximate surface area is 245 Å². The zero-order valence-corrected chi connectivity index (χ0v) is 23.7. The summed E-state index contributed by atoms with van der Waals surface area (Å²) in [4.78, 5) is 23.1. The fourth-order valence-electron chi connectivity index (χ4n) is 6.83. The Hall–Kier alpha value is -4.01. The molecule has 4 N–H and O–H groups in total. The largest absolute Gasteiger partial charge is 0.357 e. The standard InChI is InChI=1S/C34H37FN6O/c35-25-11-15-27(16-12-25)41-31(23-7-5-22(6-8-23)30-21-38-33(40-30)28-3-1-19-36-28)17-18-32(41)24-9-13-26(14-10-24)39-34(42)29-4-2-20-37-29/h5-16,21,28-29,31-32,36-37H,1-4,17-20H2,(H,38,40)(H,39,42)/t28?,29-,31?,32?/m0/s1. The maximum Gasteiger partial charge on any atom is 0.241 e. The molecule has 0 bridgehead atoms. The Balaban J connectivity index is 1.12.